The van der Waals surface area contributed by atoms with Gasteiger partial charge in [-0.2, -0.15) is 0 Å². The van der Waals surface area contributed by atoms with Crippen molar-refractivity contribution >= 4 is 18.5 Å². The quantitative estimate of drug-likeness (QED) is 0.833. The fourth-order valence-electron chi connectivity index (χ4n) is 3.12. The van der Waals surface area contributed by atoms with Gasteiger partial charge in [-0.15, -0.1) is 0 Å². The molecular formula is C18H26BNO5. The fourth-order valence-corrected chi connectivity index (χ4v) is 3.12. The Morgan fingerprint density at radius 2 is 1.92 bits per heavy atom. The van der Waals surface area contributed by atoms with Crippen molar-refractivity contribution in [2.75, 3.05) is 20.2 Å². The maximum Gasteiger partial charge on any atom is 0.494 e. The standard InChI is InChI=1S/C18H26BNO5/c1-17(2)18(3,4)25-19(24-17)12-6-7-15(23-5)14(10-12)16(22)20-9-8-13(21)11-20/h6-7,10,13,21H,8-9,11H2,1-5H3/t13-/m0/s1. The summed E-state index contributed by atoms with van der Waals surface area (Å²) in [6.45, 7) is 8.87. The molecule has 6 nitrogen and oxygen atoms in total. The average molecular weight is 347 g/mol. The summed E-state index contributed by atoms with van der Waals surface area (Å²) in [6.07, 6.45) is 0.145. The molecule has 3 rings (SSSR count). The van der Waals surface area contributed by atoms with Gasteiger partial charge in [0.2, 0.25) is 0 Å². The van der Waals surface area contributed by atoms with Crippen LogP contribution >= 0.6 is 0 Å². The highest BCUT2D eigenvalue weighted by Crippen LogP contribution is 2.36. The van der Waals surface area contributed by atoms with Crippen molar-refractivity contribution in [3.8, 4) is 5.75 Å². The van der Waals surface area contributed by atoms with Crippen molar-refractivity contribution in [1.29, 1.82) is 0 Å². The van der Waals surface area contributed by atoms with Gasteiger partial charge in [0.05, 0.1) is 30.0 Å². The normalized spacial score (nSPS) is 24.6. The number of aliphatic hydroxyl groups excluding tert-OH is 1. The fraction of sp³-hybridized carbons (Fsp3) is 0.611. The minimum atomic E-state index is -0.536. The van der Waals surface area contributed by atoms with E-state index in [1.165, 1.54) is 0 Å². The molecular weight excluding hydrogens is 321 g/mol. The molecule has 0 spiro atoms. The van der Waals surface area contributed by atoms with E-state index >= 15 is 0 Å². The van der Waals surface area contributed by atoms with Gasteiger partial charge >= 0.3 is 7.12 Å². The van der Waals surface area contributed by atoms with Crippen LogP contribution in [0.15, 0.2) is 18.2 Å². The first-order chi connectivity index (χ1) is 11.6. The van der Waals surface area contributed by atoms with Crippen molar-refractivity contribution in [3.05, 3.63) is 23.8 Å². The number of β-amino-alcohol motifs (C(OH)–C–C–N with tert-alkyl or cyclic N) is 1. The van der Waals surface area contributed by atoms with Crippen LogP contribution in [0.5, 0.6) is 5.75 Å². The molecule has 0 bridgehead atoms. The van der Waals surface area contributed by atoms with Crippen LogP contribution in [-0.4, -0.2) is 60.5 Å². The van der Waals surface area contributed by atoms with Gasteiger partial charge in [-0.3, -0.25) is 4.79 Å². The summed E-state index contributed by atoms with van der Waals surface area (Å²) in [6, 6.07) is 5.39. The van der Waals surface area contributed by atoms with Crippen LogP contribution in [0.4, 0.5) is 0 Å². The van der Waals surface area contributed by atoms with Crippen molar-refractivity contribution in [2.45, 2.75) is 51.4 Å². The Bertz CT molecular complexity index is 659. The first-order valence-corrected chi connectivity index (χ1v) is 8.65. The minimum Gasteiger partial charge on any atom is -0.496 e. The van der Waals surface area contributed by atoms with Gasteiger partial charge < -0.3 is 24.1 Å². The topological polar surface area (TPSA) is 68.2 Å². The first kappa shape index (κ1) is 18.2. The Labute approximate surface area is 149 Å². The van der Waals surface area contributed by atoms with Gasteiger partial charge in [0, 0.05) is 13.1 Å². The zero-order valence-corrected chi connectivity index (χ0v) is 15.5. The highest BCUT2D eigenvalue weighted by atomic mass is 16.7. The van der Waals surface area contributed by atoms with Gasteiger partial charge in [0.1, 0.15) is 5.75 Å². The minimum absolute atomic E-state index is 0.147. The Kier molecular flexibility index (Phi) is 4.60. The van der Waals surface area contributed by atoms with Crippen LogP contribution in [0.1, 0.15) is 44.5 Å². The molecule has 0 saturated carbocycles. The number of carbonyl (C=O) groups is 1. The number of likely N-dealkylation sites (tertiary alicyclic amines) is 1. The number of rotatable bonds is 3. The molecule has 25 heavy (non-hydrogen) atoms. The molecule has 1 amide bonds. The molecule has 136 valence electrons. The smallest absolute Gasteiger partial charge is 0.494 e. The molecule has 0 aliphatic carbocycles. The first-order valence-electron chi connectivity index (χ1n) is 8.65. The van der Waals surface area contributed by atoms with Crippen LogP contribution in [0.3, 0.4) is 0 Å². The summed E-state index contributed by atoms with van der Waals surface area (Å²) in [5.74, 6) is 0.360. The predicted octanol–water partition coefficient (Wildman–Crippen LogP) is 1.20. The van der Waals surface area contributed by atoms with E-state index in [4.69, 9.17) is 14.0 Å². The van der Waals surface area contributed by atoms with Gasteiger partial charge in [-0.05, 0) is 51.7 Å². The molecule has 2 aliphatic rings. The van der Waals surface area contributed by atoms with Crippen molar-refractivity contribution in [2.24, 2.45) is 0 Å². The summed E-state index contributed by atoms with van der Waals surface area (Å²) in [4.78, 5) is 14.5. The number of hydrogen-bond donors (Lipinski definition) is 1. The van der Waals surface area contributed by atoms with E-state index in [0.717, 1.165) is 5.46 Å². The number of benzene rings is 1. The Hall–Kier alpha value is -1.57. The Balaban J connectivity index is 1.90. The number of ether oxygens (including phenoxy) is 1. The molecule has 0 unspecified atom stereocenters. The van der Waals surface area contributed by atoms with E-state index in [-0.39, 0.29) is 5.91 Å². The maximum absolute atomic E-state index is 12.8. The zero-order chi connectivity index (χ0) is 18.4. The Morgan fingerprint density at radius 1 is 1.28 bits per heavy atom. The summed E-state index contributed by atoms with van der Waals surface area (Å²) in [5, 5.41) is 9.70. The molecule has 2 fully saturated rings. The maximum atomic E-state index is 12.8. The van der Waals surface area contributed by atoms with E-state index in [1.54, 1.807) is 24.1 Å². The second-order valence-corrected chi connectivity index (χ2v) is 7.74. The number of carbonyl (C=O) groups excluding carboxylic acids is 1. The number of aliphatic hydroxyl groups is 1. The molecule has 1 aromatic rings. The van der Waals surface area contributed by atoms with Crippen LogP contribution in [0.2, 0.25) is 0 Å². The largest absolute Gasteiger partial charge is 0.496 e. The number of nitrogens with zero attached hydrogens (tertiary/aromatic N) is 1. The highest BCUT2D eigenvalue weighted by molar-refractivity contribution is 6.62. The SMILES string of the molecule is COc1ccc(B2OC(C)(C)C(C)(C)O2)cc1C(=O)N1CC[C@H](O)C1. The summed E-state index contributed by atoms with van der Waals surface area (Å²) < 4.78 is 17.5. The second-order valence-electron chi connectivity index (χ2n) is 7.74. The van der Waals surface area contributed by atoms with Crippen LogP contribution in [0.25, 0.3) is 0 Å². The monoisotopic (exact) mass is 347 g/mol. The second kappa shape index (κ2) is 6.30. The van der Waals surface area contributed by atoms with E-state index in [2.05, 4.69) is 0 Å². The third-order valence-electron chi connectivity index (χ3n) is 5.43. The lowest BCUT2D eigenvalue weighted by Gasteiger charge is -2.32. The highest BCUT2D eigenvalue weighted by Gasteiger charge is 2.51. The molecule has 1 aromatic carbocycles. The third kappa shape index (κ3) is 3.28. The van der Waals surface area contributed by atoms with E-state index in [0.29, 0.717) is 30.8 Å². The van der Waals surface area contributed by atoms with E-state index in [9.17, 15) is 9.90 Å². The lowest BCUT2D eigenvalue weighted by Crippen LogP contribution is -2.41. The number of methoxy groups -OCH3 is 1. The third-order valence-corrected chi connectivity index (χ3v) is 5.43. The summed E-state index contributed by atoms with van der Waals surface area (Å²) in [5.41, 5.74) is 0.355. The number of hydrogen-bond acceptors (Lipinski definition) is 5. The van der Waals surface area contributed by atoms with Gasteiger partial charge in [-0.25, -0.2) is 0 Å². The van der Waals surface area contributed by atoms with E-state index < -0.39 is 24.4 Å². The van der Waals surface area contributed by atoms with Gasteiger partial charge in [0.15, 0.2) is 0 Å². The van der Waals surface area contributed by atoms with Crippen LogP contribution in [0, 0.1) is 0 Å². The summed E-state index contributed by atoms with van der Waals surface area (Å²) in [7, 11) is 1.01. The average Bonchev–Trinajstić information content (AvgIpc) is 3.07. The Morgan fingerprint density at radius 3 is 2.44 bits per heavy atom. The predicted molar refractivity (Wildman–Crippen MR) is 95.2 cm³/mol. The molecule has 0 aromatic heterocycles. The molecule has 1 atom stereocenters. The lowest BCUT2D eigenvalue weighted by molar-refractivity contribution is 0.00578. The van der Waals surface area contributed by atoms with Gasteiger partial charge in [-0.1, -0.05) is 6.07 Å². The van der Waals surface area contributed by atoms with Crippen molar-refractivity contribution in [1.82, 2.24) is 4.90 Å². The molecule has 2 saturated heterocycles. The van der Waals surface area contributed by atoms with E-state index in [1.807, 2.05) is 33.8 Å². The lowest BCUT2D eigenvalue weighted by atomic mass is 9.78. The summed E-state index contributed by atoms with van der Waals surface area (Å²) >= 11 is 0. The van der Waals surface area contributed by atoms with Crippen molar-refractivity contribution < 1.29 is 23.9 Å². The molecule has 0 radical (unpaired) electrons. The molecule has 2 aliphatic heterocycles. The molecule has 2 heterocycles. The van der Waals surface area contributed by atoms with Crippen molar-refractivity contribution in [3.63, 3.8) is 0 Å². The van der Waals surface area contributed by atoms with Crippen LogP contribution < -0.4 is 10.2 Å². The molecule has 1 N–H and O–H groups in total. The van der Waals surface area contributed by atoms with Gasteiger partial charge in [0.25, 0.3) is 5.91 Å². The van der Waals surface area contributed by atoms with Crippen LogP contribution in [-0.2, 0) is 9.31 Å². The number of amides is 1. The zero-order valence-electron chi connectivity index (χ0n) is 15.5. The molecule has 7 heteroatoms.